The fraction of sp³-hybridized carbons (Fsp3) is 0.0588. The van der Waals surface area contributed by atoms with Gasteiger partial charge in [0, 0.05) is 22.4 Å². The number of hydrogen-bond donors (Lipinski definition) is 3. The van der Waals surface area contributed by atoms with Gasteiger partial charge in [-0.25, -0.2) is 0 Å². The van der Waals surface area contributed by atoms with Gasteiger partial charge in [0.25, 0.3) is 5.91 Å². The van der Waals surface area contributed by atoms with Crippen molar-refractivity contribution in [2.45, 2.75) is 6.18 Å². The van der Waals surface area contributed by atoms with Gasteiger partial charge >= 0.3 is 6.18 Å². The van der Waals surface area contributed by atoms with Gasteiger partial charge in [0.1, 0.15) is 0 Å². The predicted octanol–water partition coefficient (Wildman–Crippen LogP) is 5.27. The number of halogens is 4. The molecule has 0 saturated carbocycles. The Morgan fingerprint density at radius 1 is 1.00 bits per heavy atom. The predicted molar refractivity (Wildman–Crippen MR) is 111 cm³/mol. The Morgan fingerprint density at radius 3 is 2.14 bits per heavy atom. The number of aromatic nitrogens is 2. The molecule has 0 saturated heterocycles. The Bertz CT molecular complexity index is 1030. The zero-order valence-corrected chi connectivity index (χ0v) is 16.6. The zero-order chi connectivity index (χ0) is 21.0. The van der Waals surface area contributed by atoms with Crippen LogP contribution in [0.1, 0.15) is 16.1 Å². The molecule has 3 aromatic rings. The van der Waals surface area contributed by atoms with Gasteiger partial charge in [0.2, 0.25) is 0 Å². The van der Waals surface area contributed by atoms with Crippen LogP contribution in [0.2, 0.25) is 5.02 Å². The number of carbonyl (C=O) groups excluding carboxylic acids is 1. The molecule has 0 unspecified atom stereocenters. The number of nitrogens with one attached hydrogen (secondary N) is 3. The second kappa shape index (κ2) is 8.72. The van der Waals surface area contributed by atoms with Crippen molar-refractivity contribution in [3.8, 4) is 0 Å². The molecule has 150 valence electrons. The summed E-state index contributed by atoms with van der Waals surface area (Å²) in [7, 11) is 0. The number of rotatable bonds is 4. The smallest absolute Gasteiger partial charge is 0.332 e. The molecule has 6 nitrogen and oxygen atoms in total. The lowest BCUT2D eigenvalue weighted by atomic mass is 10.2. The number of anilines is 3. The monoisotopic (exact) mass is 457 g/mol. The zero-order valence-electron chi connectivity index (χ0n) is 14.2. The minimum atomic E-state index is -4.53. The Hall–Kier alpha value is -2.76. The van der Waals surface area contributed by atoms with Crippen molar-refractivity contribution in [2.75, 3.05) is 16.0 Å². The van der Waals surface area contributed by atoms with Gasteiger partial charge in [-0.3, -0.25) is 4.79 Å². The summed E-state index contributed by atoms with van der Waals surface area (Å²) in [6, 6.07) is 9.89. The van der Waals surface area contributed by atoms with Crippen LogP contribution >= 0.6 is 35.4 Å². The second-order valence-corrected chi connectivity index (χ2v) is 7.02. The van der Waals surface area contributed by atoms with Gasteiger partial charge in [-0.2, -0.15) is 13.2 Å². The molecule has 1 amide bonds. The Balaban J connectivity index is 1.58. The van der Waals surface area contributed by atoms with E-state index in [1.54, 1.807) is 24.3 Å². The summed E-state index contributed by atoms with van der Waals surface area (Å²) in [5.41, 5.74) is 0.754. The summed E-state index contributed by atoms with van der Waals surface area (Å²) in [5, 5.41) is 13.3. The van der Waals surface area contributed by atoms with Crippen LogP contribution in [0.15, 0.2) is 47.8 Å². The van der Waals surface area contributed by atoms with Gasteiger partial charge < -0.3 is 16.0 Å². The standard InChI is InChI=1S/C17H11ClF3N5OS2/c18-13-7-11(5-6-12(13)17(19,20)21)24-16(28)23-10-3-1-9(2-4-10)22-15(27)14-8-29-26-25-14/h1-8H,(H,22,27)(H2,23,24,28). The molecule has 3 N–H and O–H groups in total. The minimum Gasteiger partial charge on any atom is -0.332 e. The summed E-state index contributed by atoms with van der Waals surface area (Å²) < 4.78 is 41.9. The first kappa shape index (κ1) is 21.0. The number of hydrogen-bond acceptors (Lipinski definition) is 5. The number of nitrogens with zero attached hydrogens (tertiary/aromatic N) is 2. The van der Waals surface area contributed by atoms with Crippen LogP contribution < -0.4 is 16.0 Å². The van der Waals surface area contributed by atoms with Crippen LogP contribution in [0, 0.1) is 0 Å². The van der Waals surface area contributed by atoms with Crippen LogP contribution in [0.5, 0.6) is 0 Å². The normalized spacial score (nSPS) is 11.0. The molecular formula is C17H11ClF3N5OS2. The highest BCUT2D eigenvalue weighted by Crippen LogP contribution is 2.35. The maximum atomic E-state index is 12.7. The van der Waals surface area contributed by atoms with Gasteiger partial charge in [-0.1, -0.05) is 16.1 Å². The molecule has 1 aromatic heterocycles. The lowest BCUT2D eigenvalue weighted by Gasteiger charge is -2.13. The van der Waals surface area contributed by atoms with Gasteiger partial charge in [0.05, 0.1) is 10.6 Å². The molecule has 0 spiro atoms. The average molecular weight is 458 g/mol. The van der Waals surface area contributed by atoms with Crippen LogP contribution in [0.25, 0.3) is 0 Å². The van der Waals surface area contributed by atoms with Crippen molar-refractivity contribution in [1.82, 2.24) is 9.59 Å². The van der Waals surface area contributed by atoms with Crippen LogP contribution in [0.4, 0.5) is 30.2 Å². The summed E-state index contributed by atoms with van der Waals surface area (Å²) in [4.78, 5) is 11.9. The summed E-state index contributed by atoms with van der Waals surface area (Å²) >= 11 is 11.9. The van der Waals surface area contributed by atoms with Crippen LogP contribution in [0.3, 0.4) is 0 Å². The number of alkyl halides is 3. The Kier molecular flexibility index (Phi) is 6.30. The fourth-order valence-electron chi connectivity index (χ4n) is 2.21. The third kappa shape index (κ3) is 5.62. The Morgan fingerprint density at radius 2 is 1.59 bits per heavy atom. The first-order valence-corrected chi connectivity index (χ1v) is 9.48. The van der Waals surface area contributed by atoms with Gasteiger partial charge in [-0.15, -0.1) is 5.10 Å². The van der Waals surface area contributed by atoms with E-state index < -0.39 is 16.8 Å². The topological polar surface area (TPSA) is 78.9 Å². The van der Waals surface area contributed by atoms with E-state index in [2.05, 4.69) is 25.5 Å². The minimum absolute atomic E-state index is 0.158. The highest BCUT2D eigenvalue weighted by atomic mass is 35.5. The molecule has 2 aromatic carbocycles. The van der Waals surface area contributed by atoms with Crippen LogP contribution in [-0.2, 0) is 6.18 Å². The van der Waals surface area contributed by atoms with Crippen molar-refractivity contribution in [1.29, 1.82) is 0 Å². The molecule has 0 bridgehead atoms. The number of carbonyl (C=O) groups is 1. The molecule has 0 aliphatic heterocycles. The summed E-state index contributed by atoms with van der Waals surface area (Å²) in [6.07, 6.45) is -4.53. The molecular weight excluding hydrogens is 447 g/mol. The van der Waals surface area contributed by atoms with Crippen molar-refractivity contribution in [3.05, 3.63) is 64.1 Å². The van der Waals surface area contributed by atoms with E-state index in [0.29, 0.717) is 17.1 Å². The fourth-order valence-corrected chi connectivity index (χ4v) is 3.17. The van der Waals surface area contributed by atoms with E-state index in [1.807, 2.05) is 0 Å². The molecule has 3 rings (SSSR count). The highest BCUT2D eigenvalue weighted by molar-refractivity contribution is 7.80. The third-order valence-corrected chi connectivity index (χ3v) is 4.55. The van der Waals surface area contributed by atoms with E-state index in [-0.39, 0.29) is 16.7 Å². The average Bonchev–Trinajstić information content (AvgIpc) is 3.17. The van der Waals surface area contributed by atoms with Gasteiger partial charge in [0.15, 0.2) is 10.8 Å². The van der Waals surface area contributed by atoms with Crippen molar-refractivity contribution >= 4 is 63.4 Å². The van der Waals surface area contributed by atoms with Crippen molar-refractivity contribution < 1.29 is 18.0 Å². The highest BCUT2D eigenvalue weighted by Gasteiger charge is 2.33. The SMILES string of the molecule is O=C(Nc1ccc(NC(=S)Nc2ccc(C(F)(F)F)c(Cl)c2)cc1)c1csnn1. The second-order valence-electron chi connectivity index (χ2n) is 5.59. The quantitative estimate of drug-likeness (QED) is 0.463. The third-order valence-electron chi connectivity index (χ3n) is 3.53. The summed E-state index contributed by atoms with van der Waals surface area (Å²) in [5.74, 6) is -0.379. The van der Waals surface area contributed by atoms with Crippen molar-refractivity contribution in [2.24, 2.45) is 0 Å². The van der Waals surface area contributed by atoms with Crippen molar-refractivity contribution in [3.63, 3.8) is 0 Å². The maximum absolute atomic E-state index is 12.7. The lowest BCUT2D eigenvalue weighted by molar-refractivity contribution is -0.137. The first-order chi connectivity index (χ1) is 13.7. The van der Waals surface area contributed by atoms with E-state index >= 15 is 0 Å². The van der Waals surface area contributed by atoms with E-state index in [0.717, 1.165) is 23.7 Å². The number of benzene rings is 2. The number of thiocarbonyl (C=S) groups is 1. The maximum Gasteiger partial charge on any atom is 0.417 e. The van der Waals surface area contributed by atoms with E-state index in [9.17, 15) is 18.0 Å². The molecule has 0 radical (unpaired) electrons. The molecule has 0 atom stereocenters. The summed E-state index contributed by atoms with van der Waals surface area (Å²) in [6.45, 7) is 0. The molecule has 0 fully saturated rings. The van der Waals surface area contributed by atoms with E-state index in [4.69, 9.17) is 23.8 Å². The Labute approximate surface area is 177 Å². The number of amides is 1. The largest absolute Gasteiger partial charge is 0.417 e. The molecule has 29 heavy (non-hydrogen) atoms. The van der Waals surface area contributed by atoms with Crippen LogP contribution in [-0.4, -0.2) is 20.6 Å². The van der Waals surface area contributed by atoms with Gasteiger partial charge in [-0.05, 0) is 66.2 Å². The first-order valence-electron chi connectivity index (χ1n) is 7.85. The molecule has 0 aliphatic rings. The van der Waals surface area contributed by atoms with E-state index in [1.165, 1.54) is 11.4 Å². The molecule has 1 heterocycles. The molecule has 0 aliphatic carbocycles. The molecule has 12 heteroatoms. The lowest BCUT2D eigenvalue weighted by Crippen LogP contribution is -2.19.